The molecule has 2 aromatic rings. The molecule has 2 fully saturated rings. The number of carbonyl (C=O) groups is 2. The largest absolute Gasteiger partial charge is 0.496 e. The summed E-state index contributed by atoms with van der Waals surface area (Å²) in [6.07, 6.45) is 5.17. The number of hydrogen-bond acceptors (Lipinski definition) is 9. The van der Waals surface area contributed by atoms with Gasteiger partial charge in [-0.25, -0.2) is 0 Å². The molecule has 2 amide bonds. The fourth-order valence-electron chi connectivity index (χ4n) is 6.39. The summed E-state index contributed by atoms with van der Waals surface area (Å²) >= 11 is 12.8. The van der Waals surface area contributed by atoms with Crippen molar-refractivity contribution in [3.05, 3.63) is 57.1 Å². The number of amidine groups is 1. The predicted octanol–water partition coefficient (Wildman–Crippen LogP) is 5.16. The van der Waals surface area contributed by atoms with Crippen LogP contribution in [0.15, 0.2) is 40.6 Å². The highest BCUT2D eigenvalue weighted by Crippen LogP contribution is 2.32. The molecule has 1 unspecified atom stereocenters. The summed E-state index contributed by atoms with van der Waals surface area (Å²) in [5.41, 5.74) is 8.21. The highest BCUT2D eigenvalue weighted by molar-refractivity contribution is 6.42. The third-order valence-electron chi connectivity index (χ3n) is 9.11. The van der Waals surface area contributed by atoms with Gasteiger partial charge in [0.1, 0.15) is 11.5 Å². The highest BCUT2D eigenvalue weighted by atomic mass is 35.5. The Kier molecular flexibility index (Phi) is 13.6. The Morgan fingerprint density at radius 3 is 2.38 bits per heavy atom. The number of hydrogen-bond donors (Lipinski definition) is 2. The molecule has 0 bridgehead atoms. The molecule has 0 aromatic heterocycles. The lowest BCUT2D eigenvalue weighted by Gasteiger charge is -2.40. The normalized spacial score (nSPS) is 17.3. The Labute approximate surface area is 292 Å². The number of ether oxygens (including phenoxy) is 2. The first kappa shape index (κ1) is 37.1. The van der Waals surface area contributed by atoms with E-state index in [-0.39, 0.29) is 42.8 Å². The van der Waals surface area contributed by atoms with E-state index in [2.05, 4.69) is 20.1 Å². The van der Waals surface area contributed by atoms with Crippen molar-refractivity contribution in [3.63, 3.8) is 0 Å². The van der Waals surface area contributed by atoms with Crippen LogP contribution in [-0.4, -0.2) is 110 Å². The smallest absolute Gasteiger partial charge is 0.254 e. The van der Waals surface area contributed by atoms with Crippen LogP contribution in [-0.2, 0) is 9.63 Å². The van der Waals surface area contributed by atoms with Gasteiger partial charge in [-0.2, -0.15) is 0 Å². The number of benzene rings is 2. The molecule has 1 atom stereocenters. The number of amides is 2. The number of likely N-dealkylation sites (tertiary alicyclic amines) is 2. The molecule has 0 spiro atoms. The van der Waals surface area contributed by atoms with Crippen LogP contribution in [0.3, 0.4) is 0 Å². The number of nitrogens with zero attached hydrogens (tertiary/aromatic N) is 5. The first-order valence-electron chi connectivity index (χ1n) is 16.2. The minimum absolute atomic E-state index is 0.0948. The Bertz CT molecular complexity index is 1470. The number of piperidine rings is 2. The van der Waals surface area contributed by atoms with Gasteiger partial charge >= 0.3 is 0 Å². The molecular formula is C34H46Cl2N6O6. The molecule has 2 aliphatic heterocycles. The highest BCUT2D eigenvalue weighted by Gasteiger charge is 2.31. The number of methoxy groups -OCH3 is 2. The third kappa shape index (κ3) is 9.45. The molecule has 0 aliphatic carbocycles. The van der Waals surface area contributed by atoms with Crippen LogP contribution >= 0.6 is 23.2 Å². The van der Waals surface area contributed by atoms with Crippen molar-refractivity contribution in [1.29, 1.82) is 0 Å². The fraction of sp³-hybridized carbons (Fsp3) is 0.529. The van der Waals surface area contributed by atoms with Crippen LogP contribution in [0.1, 0.15) is 65.9 Å². The van der Waals surface area contributed by atoms with Crippen molar-refractivity contribution >= 4 is 46.6 Å². The summed E-state index contributed by atoms with van der Waals surface area (Å²) in [6.45, 7) is 5.02. The quantitative estimate of drug-likeness (QED) is 0.119. The van der Waals surface area contributed by atoms with Gasteiger partial charge in [0.25, 0.3) is 5.91 Å². The second-order valence-electron chi connectivity index (χ2n) is 12.2. The van der Waals surface area contributed by atoms with E-state index >= 15 is 0 Å². The van der Waals surface area contributed by atoms with Crippen molar-refractivity contribution in [2.45, 2.75) is 57.4 Å². The van der Waals surface area contributed by atoms with Gasteiger partial charge in [-0.3, -0.25) is 9.59 Å². The molecule has 0 saturated carbocycles. The maximum atomic E-state index is 13.8. The Hall–Kier alpha value is -3.74. The number of oxime groups is 2. The lowest BCUT2D eigenvalue weighted by molar-refractivity contribution is -0.136. The first-order chi connectivity index (χ1) is 23.1. The lowest BCUT2D eigenvalue weighted by atomic mass is 9.89. The molecular weight excluding hydrogens is 659 g/mol. The van der Waals surface area contributed by atoms with E-state index in [9.17, 15) is 9.59 Å². The molecule has 2 heterocycles. The Balaban J connectivity index is 1.58. The van der Waals surface area contributed by atoms with Crippen LogP contribution in [0.4, 0.5) is 0 Å². The second kappa shape index (κ2) is 17.6. The summed E-state index contributed by atoms with van der Waals surface area (Å²) in [7, 11) is 4.76. The van der Waals surface area contributed by atoms with Crippen LogP contribution in [0, 0.1) is 6.92 Å². The number of halogens is 2. The van der Waals surface area contributed by atoms with E-state index < -0.39 is 0 Å². The van der Waals surface area contributed by atoms with Gasteiger partial charge in [0.05, 0.1) is 36.5 Å². The van der Waals surface area contributed by atoms with Crippen LogP contribution in [0.2, 0.25) is 10.0 Å². The number of carbonyl (C=O) groups excluding carboxylic acids is 2. The summed E-state index contributed by atoms with van der Waals surface area (Å²) in [5, 5.41) is 17.3. The average molecular weight is 706 g/mol. The summed E-state index contributed by atoms with van der Waals surface area (Å²) in [5.74, 6) is 0.577. The van der Waals surface area contributed by atoms with E-state index in [4.69, 9.17) is 48.5 Å². The first-order valence-corrected chi connectivity index (χ1v) is 16.9. The zero-order chi connectivity index (χ0) is 34.8. The average Bonchev–Trinajstić information content (AvgIpc) is 3.09. The summed E-state index contributed by atoms with van der Waals surface area (Å²) in [4.78, 5) is 37.9. The van der Waals surface area contributed by atoms with Gasteiger partial charge in [-0.15, -0.1) is 0 Å². The van der Waals surface area contributed by atoms with E-state index in [1.807, 2.05) is 13.0 Å². The van der Waals surface area contributed by atoms with Gasteiger partial charge in [0.2, 0.25) is 5.91 Å². The molecule has 262 valence electrons. The van der Waals surface area contributed by atoms with Crippen LogP contribution in [0.5, 0.6) is 11.5 Å². The molecule has 0 radical (unpaired) electrons. The number of nitrogens with two attached hydrogens (primary N) is 1. The van der Waals surface area contributed by atoms with Gasteiger partial charge in [0.15, 0.2) is 12.4 Å². The van der Waals surface area contributed by atoms with Crippen molar-refractivity contribution in [3.8, 4) is 11.5 Å². The van der Waals surface area contributed by atoms with Gasteiger partial charge in [-0.1, -0.05) is 39.6 Å². The van der Waals surface area contributed by atoms with Crippen molar-refractivity contribution < 1.29 is 29.1 Å². The molecule has 2 saturated heterocycles. The molecule has 2 aromatic carbocycles. The van der Waals surface area contributed by atoms with Crippen LogP contribution < -0.4 is 15.2 Å². The second-order valence-corrected chi connectivity index (χ2v) is 13.1. The van der Waals surface area contributed by atoms with Crippen molar-refractivity contribution in [1.82, 2.24) is 14.7 Å². The van der Waals surface area contributed by atoms with E-state index in [0.717, 1.165) is 63.0 Å². The maximum absolute atomic E-state index is 13.8. The predicted molar refractivity (Wildman–Crippen MR) is 187 cm³/mol. The molecule has 48 heavy (non-hydrogen) atoms. The van der Waals surface area contributed by atoms with Gasteiger partial charge in [-0.05, 0) is 75.4 Å². The minimum atomic E-state index is -0.328. The van der Waals surface area contributed by atoms with Crippen molar-refractivity contribution in [2.75, 3.05) is 60.6 Å². The maximum Gasteiger partial charge on any atom is 0.254 e. The van der Waals surface area contributed by atoms with Gasteiger partial charge < -0.3 is 40.0 Å². The minimum Gasteiger partial charge on any atom is -0.496 e. The monoisotopic (exact) mass is 704 g/mol. The zero-order valence-electron chi connectivity index (χ0n) is 28.1. The van der Waals surface area contributed by atoms with E-state index in [0.29, 0.717) is 45.7 Å². The van der Waals surface area contributed by atoms with E-state index in [1.165, 1.54) is 0 Å². The molecule has 3 N–H and O–H groups in total. The Morgan fingerprint density at radius 1 is 1.08 bits per heavy atom. The summed E-state index contributed by atoms with van der Waals surface area (Å²) in [6, 6.07) is 9.08. The standard InChI is InChI=1S/C34H46Cl2N6O6/c1-22-30(46-3)18-24(19-31(22)47-4)34(44)40(2)20-29(39-48-21-32(37)38-45)26(23-8-9-27(35)28(36)17-23)12-16-41-14-10-25(11-15-41)42-13-6-5-7-33(42)43/h8-9,17-19,25-26,45H,5-7,10-16,20-21H2,1-4H3,(H2,37,38). The lowest BCUT2D eigenvalue weighted by Crippen LogP contribution is -2.49. The molecule has 4 rings (SSSR count). The van der Waals surface area contributed by atoms with E-state index in [1.54, 1.807) is 50.4 Å². The SMILES string of the molecule is COc1cc(C(=O)N(C)CC(=NOCC(N)=NO)C(CCN2CCC(N3CCCCC3=O)CC2)c2ccc(Cl)c(Cl)c2)cc(OC)c1C. The third-order valence-corrected chi connectivity index (χ3v) is 9.85. The Morgan fingerprint density at radius 2 is 1.77 bits per heavy atom. The van der Waals surface area contributed by atoms with Crippen molar-refractivity contribution in [2.24, 2.45) is 16.0 Å². The summed E-state index contributed by atoms with van der Waals surface area (Å²) < 4.78 is 11.0. The zero-order valence-corrected chi connectivity index (χ0v) is 29.6. The fourth-order valence-corrected chi connectivity index (χ4v) is 6.70. The topological polar surface area (TPSA) is 143 Å². The molecule has 14 heteroatoms. The van der Waals surface area contributed by atoms with Gasteiger partial charge in [0, 0.05) is 56.2 Å². The number of rotatable bonds is 14. The molecule has 2 aliphatic rings. The van der Waals surface area contributed by atoms with Crippen LogP contribution in [0.25, 0.3) is 0 Å². The molecule has 12 nitrogen and oxygen atoms in total.